The van der Waals surface area contributed by atoms with E-state index in [1.807, 2.05) is 12.3 Å². The van der Waals surface area contributed by atoms with Gasteiger partial charge in [-0.05, 0) is 24.1 Å². The molecule has 1 N–H and O–H groups in total. The van der Waals surface area contributed by atoms with Gasteiger partial charge < -0.3 is 5.32 Å². The normalized spacial score (nSPS) is 16.9. The molecule has 1 atom stereocenters. The second-order valence-corrected chi connectivity index (χ2v) is 6.96. The average Bonchev–Trinajstić information content (AvgIpc) is 3.31. The Bertz CT molecular complexity index is 900. The molecule has 27 heavy (non-hydrogen) atoms. The molecule has 1 amide bonds. The number of aryl methyl sites for hydroxylation is 1. The number of amides is 1. The van der Waals surface area contributed by atoms with Crippen molar-refractivity contribution in [2.24, 2.45) is 7.05 Å². The summed E-state index contributed by atoms with van der Waals surface area (Å²) in [4.78, 5) is 14.7. The largest absolute Gasteiger partial charge is 0.351 e. The van der Waals surface area contributed by atoms with Gasteiger partial charge in [0.2, 0.25) is 0 Å². The monoisotopic (exact) mass is 364 g/mol. The molecule has 0 spiro atoms. The van der Waals surface area contributed by atoms with Gasteiger partial charge in [0.15, 0.2) is 0 Å². The van der Waals surface area contributed by atoms with Crippen molar-refractivity contribution in [1.82, 2.24) is 29.8 Å². The quantitative estimate of drug-likeness (QED) is 0.726. The number of nitrogens with zero attached hydrogens (tertiary/aromatic N) is 5. The highest BCUT2D eigenvalue weighted by molar-refractivity contribution is 5.92. The molecule has 0 bridgehead atoms. The first-order valence-electron chi connectivity index (χ1n) is 9.25. The Morgan fingerprint density at radius 1 is 1.15 bits per heavy atom. The van der Waals surface area contributed by atoms with Crippen LogP contribution < -0.4 is 5.32 Å². The van der Waals surface area contributed by atoms with Crippen LogP contribution in [0.4, 0.5) is 0 Å². The minimum atomic E-state index is -0.0901. The molecule has 1 aliphatic rings. The van der Waals surface area contributed by atoms with Crippen LogP contribution in [0.15, 0.2) is 54.9 Å². The number of carbonyl (C=O) groups is 1. The fraction of sp³-hybridized carbons (Fsp3) is 0.350. The molecule has 3 heterocycles. The molecule has 3 aromatic rings. The Hall–Kier alpha value is -2.93. The molecule has 0 radical (unpaired) electrons. The van der Waals surface area contributed by atoms with Gasteiger partial charge in [0.05, 0.1) is 11.7 Å². The van der Waals surface area contributed by atoms with Gasteiger partial charge in [-0.1, -0.05) is 30.3 Å². The Morgan fingerprint density at radius 2 is 1.96 bits per heavy atom. The van der Waals surface area contributed by atoms with Crippen LogP contribution >= 0.6 is 0 Å². The van der Waals surface area contributed by atoms with Gasteiger partial charge in [-0.2, -0.15) is 10.2 Å². The molecule has 1 aromatic carbocycles. The maximum Gasteiger partial charge on any atom is 0.269 e. The minimum absolute atomic E-state index is 0.0901. The van der Waals surface area contributed by atoms with Crippen LogP contribution in [0.25, 0.3) is 0 Å². The first-order chi connectivity index (χ1) is 13.2. The van der Waals surface area contributed by atoms with Crippen LogP contribution in [0, 0.1) is 0 Å². The summed E-state index contributed by atoms with van der Waals surface area (Å²) in [6.07, 6.45) is 4.33. The third-order valence-corrected chi connectivity index (χ3v) is 5.02. The molecular formula is C20H24N6O. The van der Waals surface area contributed by atoms with E-state index in [0.29, 0.717) is 12.2 Å². The number of hydrogen-bond acceptors (Lipinski definition) is 4. The highest BCUT2D eigenvalue weighted by Gasteiger charge is 2.25. The summed E-state index contributed by atoms with van der Waals surface area (Å²) in [5.74, 6) is -0.0901. The van der Waals surface area contributed by atoms with E-state index < -0.39 is 0 Å². The maximum atomic E-state index is 12.3. The van der Waals surface area contributed by atoms with Gasteiger partial charge in [-0.25, -0.2) is 0 Å². The van der Waals surface area contributed by atoms with Gasteiger partial charge in [-0.3, -0.25) is 19.1 Å². The molecule has 0 saturated heterocycles. The van der Waals surface area contributed by atoms with Crippen molar-refractivity contribution in [1.29, 1.82) is 0 Å². The number of benzene rings is 1. The van der Waals surface area contributed by atoms with Gasteiger partial charge in [-0.15, -0.1) is 0 Å². The highest BCUT2D eigenvalue weighted by atomic mass is 16.2. The van der Waals surface area contributed by atoms with E-state index in [-0.39, 0.29) is 11.9 Å². The fourth-order valence-corrected chi connectivity index (χ4v) is 3.68. The van der Waals surface area contributed by atoms with Crippen molar-refractivity contribution in [2.45, 2.75) is 25.6 Å². The zero-order chi connectivity index (χ0) is 18.6. The Kier molecular flexibility index (Phi) is 5.02. The zero-order valence-corrected chi connectivity index (χ0v) is 15.5. The van der Waals surface area contributed by atoms with E-state index >= 15 is 0 Å². The van der Waals surface area contributed by atoms with Crippen molar-refractivity contribution in [3.05, 3.63) is 71.8 Å². The lowest BCUT2D eigenvalue weighted by molar-refractivity contribution is 0.0937. The predicted molar refractivity (Wildman–Crippen MR) is 102 cm³/mol. The van der Waals surface area contributed by atoms with Crippen LogP contribution in [-0.2, 0) is 20.1 Å². The van der Waals surface area contributed by atoms with Crippen molar-refractivity contribution in [2.75, 3.05) is 13.1 Å². The van der Waals surface area contributed by atoms with Crippen LogP contribution in [0.2, 0.25) is 0 Å². The second kappa shape index (κ2) is 7.75. The molecule has 0 saturated carbocycles. The molecular weight excluding hydrogens is 340 g/mol. The number of aromatic nitrogens is 4. The Morgan fingerprint density at radius 3 is 2.74 bits per heavy atom. The first kappa shape index (κ1) is 17.5. The van der Waals surface area contributed by atoms with Gasteiger partial charge >= 0.3 is 0 Å². The number of rotatable bonds is 6. The van der Waals surface area contributed by atoms with Gasteiger partial charge in [0.1, 0.15) is 5.69 Å². The SMILES string of the molecule is Cn1nccc1C(=O)NCCC1CN(Cc2ccccc2)Cc2ccnn21. The summed E-state index contributed by atoms with van der Waals surface area (Å²) < 4.78 is 3.70. The lowest BCUT2D eigenvalue weighted by atomic mass is 10.1. The standard InChI is InChI=1S/C20H24N6O/c1-24-19(9-12-22-24)20(27)21-10-7-17-14-25(13-16-5-3-2-4-6-16)15-18-8-11-23-26(17)18/h2-6,8-9,11-12,17H,7,10,13-15H2,1H3,(H,21,27). The smallest absolute Gasteiger partial charge is 0.269 e. The van der Waals surface area contributed by atoms with Gasteiger partial charge in [0, 0.05) is 45.6 Å². The molecule has 2 aromatic heterocycles. The zero-order valence-electron chi connectivity index (χ0n) is 15.5. The van der Waals surface area contributed by atoms with Crippen LogP contribution in [0.1, 0.15) is 34.2 Å². The molecule has 4 rings (SSSR count). The molecule has 0 fully saturated rings. The summed E-state index contributed by atoms with van der Waals surface area (Å²) in [5, 5.41) is 11.5. The number of carbonyl (C=O) groups excluding carboxylic acids is 1. The van der Waals surface area contributed by atoms with Crippen molar-refractivity contribution < 1.29 is 4.79 Å². The van der Waals surface area contributed by atoms with E-state index in [1.54, 1.807) is 24.0 Å². The Balaban J connectivity index is 1.38. The molecule has 7 heteroatoms. The predicted octanol–water partition coefficient (Wildman–Crippen LogP) is 1.99. The number of fused-ring (bicyclic) bond motifs is 1. The summed E-state index contributed by atoms with van der Waals surface area (Å²) in [6.45, 7) is 3.34. The average molecular weight is 364 g/mol. The van der Waals surface area contributed by atoms with Crippen molar-refractivity contribution in [3.63, 3.8) is 0 Å². The van der Waals surface area contributed by atoms with E-state index in [4.69, 9.17) is 0 Å². The summed E-state index contributed by atoms with van der Waals surface area (Å²) in [6, 6.07) is 14.6. The third-order valence-electron chi connectivity index (χ3n) is 5.02. The van der Waals surface area contributed by atoms with Crippen molar-refractivity contribution >= 4 is 5.91 Å². The lowest BCUT2D eigenvalue weighted by Gasteiger charge is -2.34. The molecule has 140 valence electrons. The van der Waals surface area contributed by atoms with E-state index in [0.717, 1.165) is 26.1 Å². The summed E-state index contributed by atoms with van der Waals surface area (Å²) >= 11 is 0. The highest BCUT2D eigenvalue weighted by Crippen LogP contribution is 2.24. The van der Waals surface area contributed by atoms with E-state index in [2.05, 4.69) is 55.4 Å². The first-order valence-corrected chi connectivity index (χ1v) is 9.25. The maximum absolute atomic E-state index is 12.3. The number of hydrogen-bond donors (Lipinski definition) is 1. The number of nitrogens with one attached hydrogen (secondary N) is 1. The summed E-state index contributed by atoms with van der Waals surface area (Å²) in [5.41, 5.74) is 3.11. The van der Waals surface area contributed by atoms with Crippen LogP contribution in [0.5, 0.6) is 0 Å². The van der Waals surface area contributed by atoms with Crippen molar-refractivity contribution in [3.8, 4) is 0 Å². The lowest BCUT2D eigenvalue weighted by Crippen LogP contribution is -2.39. The van der Waals surface area contributed by atoms with Crippen LogP contribution in [-0.4, -0.2) is 43.5 Å². The second-order valence-electron chi connectivity index (χ2n) is 6.96. The third kappa shape index (κ3) is 3.93. The molecule has 0 aliphatic carbocycles. The summed E-state index contributed by atoms with van der Waals surface area (Å²) in [7, 11) is 1.77. The fourth-order valence-electron chi connectivity index (χ4n) is 3.68. The van der Waals surface area contributed by atoms with Crippen LogP contribution in [0.3, 0.4) is 0 Å². The van der Waals surface area contributed by atoms with Gasteiger partial charge in [0.25, 0.3) is 5.91 Å². The minimum Gasteiger partial charge on any atom is -0.351 e. The topological polar surface area (TPSA) is 68.0 Å². The van der Waals surface area contributed by atoms with E-state index in [1.165, 1.54) is 11.3 Å². The molecule has 7 nitrogen and oxygen atoms in total. The molecule has 1 aliphatic heterocycles. The molecule has 1 unspecified atom stereocenters. The van der Waals surface area contributed by atoms with E-state index in [9.17, 15) is 4.79 Å². The Labute approximate surface area is 158 Å².